The molecule has 0 aromatic heterocycles. The predicted molar refractivity (Wildman–Crippen MR) is 135 cm³/mol. The summed E-state index contributed by atoms with van der Waals surface area (Å²) in [7, 11) is 0. The van der Waals surface area contributed by atoms with E-state index in [-0.39, 0.29) is 5.78 Å². The first-order valence-corrected chi connectivity index (χ1v) is 12.4. The van der Waals surface area contributed by atoms with Gasteiger partial charge in [0.1, 0.15) is 0 Å². The fourth-order valence-corrected chi connectivity index (χ4v) is 9.66. The van der Waals surface area contributed by atoms with Gasteiger partial charge in [0, 0.05) is 5.56 Å². The average molecular weight is 473 g/mol. The van der Waals surface area contributed by atoms with Gasteiger partial charge in [-0.05, 0) is 45.7 Å². The van der Waals surface area contributed by atoms with Gasteiger partial charge in [-0.2, -0.15) is 0 Å². The molecule has 0 fully saturated rings. The maximum atomic E-state index is 13.8. The topological polar surface area (TPSA) is 17.1 Å². The number of aryl methyl sites for hydroxylation is 1. The molecule has 4 rings (SSSR count). The largest absolute Gasteiger partial charge is 0.288 e. The van der Waals surface area contributed by atoms with Crippen LogP contribution >= 0.6 is 22.8 Å². The maximum Gasteiger partial charge on any atom is 0.200 e. The third kappa shape index (κ3) is 3.74. The van der Waals surface area contributed by atoms with Gasteiger partial charge in [0.05, 0.1) is 4.20 Å². The van der Waals surface area contributed by atoms with Gasteiger partial charge < -0.3 is 0 Å². The van der Waals surface area contributed by atoms with Crippen molar-refractivity contribution in [3.63, 3.8) is 0 Å². The molecule has 148 valence electrons. The zero-order valence-electron chi connectivity index (χ0n) is 16.7. The molecule has 4 aromatic rings. The highest BCUT2D eigenvalue weighted by molar-refractivity contribution is 9.20. The number of carbonyl (C=O) groups is 1. The second kappa shape index (κ2) is 9.00. The Morgan fingerprint density at radius 3 is 1.33 bits per heavy atom. The van der Waals surface area contributed by atoms with Crippen molar-refractivity contribution < 1.29 is 4.79 Å². The maximum absolute atomic E-state index is 13.8. The molecule has 1 nitrogen and oxygen atoms in total. The van der Waals surface area contributed by atoms with Gasteiger partial charge in [0.25, 0.3) is 0 Å². The first kappa shape index (κ1) is 20.6. The second-order valence-electron chi connectivity index (χ2n) is 7.16. The van der Waals surface area contributed by atoms with Gasteiger partial charge in [-0.25, -0.2) is 0 Å². The van der Waals surface area contributed by atoms with Crippen molar-refractivity contribution >= 4 is 48.7 Å². The van der Waals surface area contributed by atoms with Crippen LogP contribution in [0.25, 0.3) is 0 Å². The van der Waals surface area contributed by atoms with Crippen LogP contribution in [0.3, 0.4) is 0 Å². The first-order chi connectivity index (χ1) is 14.6. The van der Waals surface area contributed by atoms with Crippen molar-refractivity contribution in [2.75, 3.05) is 0 Å². The molecule has 0 aliphatic rings. The van der Waals surface area contributed by atoms with Crippen LogP contribution in [0.15, 0.2) is 115 Å². The highest BCUT2D eigenvalue weighted by Gasteiger charge is 2.32. The Hall–Kier alpha value is -2.67. The second-order valence-corrected chi connectivity index (χ2v) is 11.9. The lowest BCUT2D eigenvalue weighted by atomic mass is 10.1. The summed E-state index contributed by atoms with van der Waals surface area (Å²) in [5, 5.41) is 3.44. The van der Waals surface area contributed by atoms with Crippen LogP contribution in [0, 0.1) is 6.92 Å². The van der Waals surface area contributed by atoms with Crippen molar-refractivity contribution in [3.05, 3.63) is 126 Å². The summed E-state index contributed by atoms with van der Waals surface area (Å²) in [6.45, 7) is -0.364. The van der Waals surface area contributed by atoms with Crippen LogP contribution in [0.2, 0.25) is 0 Å². The van der Waals surface area contributed by atoms with Gasteiger partial charge in [-0.3, -0.25) is 4.79 Å². The molecule has 30 heavy (non-hydrogen) atoms. The van der Waals surface area contributed by atoms with Crippen LogP contribution in [0.5, 0.6) is 0 Å². The highest BCUT2D eigenvalue weighted by Crippen LogP contribution is 2.48. The SMILES string of the molecule is Cc1ccc(C(=O)C(Br)=P(c2ccccc2)(c2ccccc2)c2ccccc2)cc1. The molecule has 0 aliphatic heterocycles. The standard InChI is InChI=1S/C27H22BrOP/c1-21-17-19-22(20-18-21)26(29)27(28)30(23-11-5-2-6-12-23,24-13-7-3-8-14-24)25-15-9-4-10-16-25/h2-20H,1H3. The van der Waals surface area contributed by atoms with Crippen LogP contribution in [0.1, 0.15) is 15.9 Å². The Bertz CT molecular complexity index is 1090. The highest BCUT2D eigenvalue weighted by atomic mass is 79.9. The molecule has 0 saturated carbocycles. The molecule has 0 N–H and O–H groups in total. The summed E-state index contributed by atoms with van der Waals surface area (Å²) in [6, 6.07) is 39.0. The molecule has 0 spiro atoms. The summed E-state index contributed by atoms with van der Waals surface area (Å²) >= 11 is 3.85. The van der Waals surface area contributed by atoms with Crippen molar-refractivity contribution in [2.24, 2.45) is 0 Å². The number of benzene rings is 4. The lowest BCUT2D eigenvalue weighted by Gasteiger charge is -2.30. The van der Waals surface area contributed by atoms with E-state index in [1.165, 1.54) is 0 Å². The van der Waals surface area contributed by atoms with E-state index in [0.717, 1.165) is 21.5 Å². The Morgan fingerprint density at radius 1 is 0.600 bits per heavy atom. The molecule has 0 unspecified atom stereocenters. The molecule has 4 aromatic carbocycles. The summed E-state index contributed by atoms with van der Waals surface area (Å²) in [5.41, 5.74) is 1.83. The van der Waals surface area contributed by atoms with E-state index < -0.39 is 6.89 Å². The number of hydrogen-bond acceptors (Lipinski definition) is 1. The van der Waals surface area contributed by atoms with Crippen LogP contribution in [0.4, 0.5) is 0 Å². The lowest BCUT2D eigenvalue weighted by molar-refractivity contribution is 0.107. The summed E-state index contributed by atoms with van der Waals surface area (Å²) in [5.74, 6) is 0.0277. The van der Waals surface area contributed by atoms with Crippen LogP contribution in [-0.2, 0) is 0 Å². The monoisotopic (exact) mass is 472 g/mol. The number of Topliss-reactive ketones (excluding diaryl/α,β-unsaturated/α-hetero) is 1. The number of ketones is 1. The fourth-order valence-electron chi connectivity index (χ4n) is 3.72. The van der Waals surface area contributed by atoms with E-state index in [4.69, 9.17) is 0 Å². The minimum absolute atomic E-state index is 0.0277. The van der Waals surface area contributed by atoms with E-state index >= 15 is 0 Å². The van der Waals surface area contributed by atoms with Crippen LogP contribution in [-0.4, -0.2) is 9.99 Å². The molecule has 0 bridgehead atoms. The zero-order chi connectivity index (χ0) is 21.0. The first-order valence-electron chi connectivity index (χ1n) is 9.84. The molecule has 0 aliphatic carbocycles. The predicted octanol–water partition coefficient (Wildman–Crippen LogP) is 5.70. The zero-order valence-corrected chi connectivity index (χ0v) is 19.2. The Morgan fingerprint density at radius 2 is 0.967 bits per heavy atom. The van der Waals surface area contributed by atoms with Crippen molar-refractivity contribution in [1.29, 1.82) is 0 Å². The molecule has 0 radical (unpaired) electrons. The molecule has 0 saturated heterocycles. The van der Waals surface area contributed by atoms with Gasteiger partial charge in [-0.15, -0.1) is 0 Å². The number of halogens is 1. The quantitative estimate of drug-likeness (QED) is 0.269. The van der Waals surface area contributed by atoms with Gasteiger partial charge in [-0.1, -0.05) is 121 Å². The molecule has 0 atom stereocenters. The van der Waals surface area contributed by atoms with E-state index in [1.54, 1.807) is 0 Å². The Kier molecular flexibility index (Phi) is 6.18. The minimum Gasteiger partial charge on any atom is -0.288 e. The average Bonchev–Trinajstić information content (AvgIpc) is 2.82. The van der Waals surface area contributed by atoms with E-state index in [2.05, 4.69) is 52.3 Å². The Labute approximate surface area is 186 Å². The summed E-state index contributed by atoms with van der Waals surface area (Å²) in [4.78, 5) is 13.8. The van der Waals surface area contributed by atoms with Gasteiger partial charge in [0.15, 0.2) is 0 Å². The van der Waals surface area contributed by atoms with Crippen molar-refractivity contribution in [1.82, 2.24) is 0 Å². The van der Waals surface area contributed by atoms with E-state index in [0.29, 0.717) is 9.77 Å². The van der Waals surface area contributed by atoms with Crippen molar-refractivity contribution in [2.45, 2.75) is 6.92 Å². The van der Waals surface area contributed by atoms with Gasteiger partial charge >= 0.3 is 0 Å². The molecular formula is C27H22BrOP. The number of rotatable bonds is 5. The third-order valence-electron chi connectivity index (χ3n) is 5.23. The normalized spacial score (nSPS) is 11.1. The minimum atomic E-state index is -2.39. The number of carbonyl (C=O) groups excluding carboxylic acids is 1. The summed E-state index contributed by atoms with van der Waals surface area (Å²) < 4.78 is 0.711. The molecule has 0 amide bonds. The summed E-state index contributed by atoms with van der Waals surface area (Å²) in [6.07, 6.45) is 0. The molecule has 0 heterocycles. The lowest BCUT2D eigenvalue weighted by Crippen LogP contribution is -2.31. The fraction of sp³-hybridized carbons (Fsp3) is 0.0370. The van der Waals surface area contributed by atoms with E-state index in [9.17, 15) is 4.79 Å². The van der Waals surface area contributed by atoms with Crippen molar-refractivity contribution in [3.8, 4) is 0 Å². The Balaban J connectivity index is 2.13. The van der Waals surface area contributed by atoms with Crippen LogP contribution < -0.4 is 15.9 Å². The molecule has 3 heteroatoms. The molecular weight excluding hydrogens is 451 g/mol. The van der Waals surface area contributed by atoms with E-state index in [1.807, 2.05) is 85.8 Å². The van der Waals surface area contributed by atoms with Gasteiger partial charge in [0.2, 0.25) is 5.78 Å². The third-order valence-corrected chi connectivity index (χ3v) is 11.2. The number of hydrogen-bond donors (Lipinski definition) is 0. The smallest absolute Gasteiger partial charge is 0.200 e.